The molecule has 2 heterocycles. The van der Waals surface area contributed by atoms with Crippen LogP contribution in [0, 0.1) is 5.82 Å². The molecule has 1 aliphatic rings. The van der Waals surface area contributed by atoms with Gasteiger partial charge >= 0.3 is 0 Å². The fraction of sp³-hybridized carbons (Fsp3) is 0.152. The number of hydrogen-bond acceptors (Lipinski definition) is 3. The second-order valence-electron chi connectivity index (χ2n) is 10.1. The molecule has 0 fully saturated rings. The minimum absolute atomic E-state index is 0.149. The van der Waals surface area contributed by atoms with Gasteiger partial charge in [-0.2, -0.15) is 0 Å². The molecule has 2 amide bonds. The van der Waals surface area contributed by atoms with Crippen molar-refractivity contribution in [3.8, 4) is 0 Å². The van der Waals surface area contributed by atoms with E-state index in [2.05, 4.69) is 0 Å². The van der Waals surface area contributed by atoms with E-state index in [-0.39, 0.29) is 30.7 Å². The molecule has 206 valence electrons. The molecule has 1 aromatic heterocycles. The lowest BCUT2D eigenvalue weighted by Crippen LogP contribution is -2.46. The molecule has 8 heteroatoms. The zero-order valence-electron chi connectivity index (χ0n) is 21.9. The highest BCUT2D eigenvalue weighted by Crippen LogP contribution is 2.41. The number of amides is 2. The zero-order chi connectivity index (χ0) is 28.5. The minimum Gasteiger partial charge on any atom is -0.330 e. The first-order chi connectivity index (χ1) is 19.9. The largest absolute Gasteiger partial charge is 0.330 e. The summed E-state index contributed by atoms with van der Waals surface area (Å²) in [4.78, 5) is 32.6. The van der Waals surface area contributed by atoms with Gasteiger partial charge in [-0.1, -0.05) is 71.7 Å². The monoisotopic (exact) mass is 602 g/mol. The van der Waals surface area contributed by atoms with E-state index < -0.39 is 6.04 Å². The first-order valence-corrected chi connectivity index (χ1v) is 14.8. The number of thiophene rings is 1. The Hall–Kier alpha value is -3.71. The van der Waals surface area contributed by atoms with Gasteiger partial charge in [-0.05, 0) is 81.7 Å². The maximum absolute atomic E-state index is 14.1. The summed E-state index contributed by atoms with van der Waals surface area (Å²) < 4.78 is 13.6. The van der Waals surface area contributed by atoms with E-state index in [1.807, 2.05) is 53.9 Å². The highest BCUT2D eigenvalue weighted by atomic mass is 35.5. The Morgan fingerprint density at radius 1 is 0.902 bits per heavy atom. The summed E-state index contributed by atoms with van der Waals surface area (Å²) in [6.45, 7) is 0.496. The van der Waals surface area contributed by atoms with Gasteiger partial charge in [0.05, 0.1) is 6.04 Å². The molecule has 0 bridgehead atoms. The van der Waals surface area contributed by atoms with E-state index in [0.717, 1.165) is 33.9 Å². The lowest BCUT2D eigenvalue weighted by molar-refractivity contribution is -0.134. The zero-order valence-corrected chi connectivity index (χ0v) is 24.2. The molecule has 6 rings (SSSR count). The van der Waals surface area contributed by atoms with E-state index in [1.165, 1.54) is 21.9 Å². The Morgan fingerprint density at radius 3 is 2.46 bits per heavy atom. The van der Waals surface area contributed by atoms with E-state index in [9.17, 15) is 14.0 Å². The molecule has 1 unspecified atom stereocenters. The molecule has 0 radical (unpaired) electrons. The Kier molecular flexibility index (Phi) is 7.80. The van der Waals surface area contributed by atoms with Gasteiger partial charge in [-0.3, -0.25) is 9.59 Å². The van der Waals surface area contributed by atoms with Gasteiger partial charge in [0.25, 0.3) is 5.91 Å². The van der Waals surface area contributed by atoms with Gasteiger partial charge in [-0.25, -0.2) is 4.39 Å². The van der Waals surface area contributed by atoms with Crippen molar-refractivity contribution in [3.63, 3.8) is 0 Å². The maximum Gasteiger partial charge on any atom is 0.254 e. The van der Waals surface area contributed by atoms with Crippen LogP contribution in [0.15, 0.2) is 96.4 Å². The average Bonchev–Trinajstić information content (AvgIpc) is 3.46. The molecule has 4 aromatic carbocycles. The summed E-state index contributed by atoms with van der Waals surface area (Å²) in [7, 11) is 0. The van der Waals surface area contributed by atoms with Crippen molar-refractivity contribution in [1.29, 1.82) is 0 Å². The normalized spacial score (nSPS) is 14.6. The molecule has 5 aromatic rings. The van der Waals surface area contributed by atoms with Crippen LogP contribution in [-0.2, 0) is 17.8 Å². The first-order valence-electron chi connectivity index (χ1n) is 13.2. The molecule has 4 nitrogen and oxygen atoms in total. The molecule has 0 aliphatic carbocycles. The lowest BCUT2D eigenvalue weighted by Gasteiger charge is -2.38. The van der Waals surface area contributed by atoms with Crippen LogP contribution in [-0.4, -0.2) is 34.7 Å². The predicted octanol–water partition coefficient (Wildman–Crippen LogP) is 8.16. The standard InChI is InChI=1S/C33H25Cl2FN2O2S/c34-25-9-12-27(29(35)18-25)32-28-14-16-41-30(28)13-15-38(32)31(39)20-37(19-21-5-10-26(36)11-6-21)33(40)24-8-7-22-3-1-2-4-23(22)17-24/h1-12,14,16-18,32H,13,15,19-20H2. The smallest absolute Gasteiger partial charge is 0.254 e. The van der Waals surface area contributed by atoms with Crippen molar-refractivity contribution in [1.82, 2.24) is 9.80 Å². The Balaban J connectivity index is 1.34. The van der Waals surface area contributed by atoms with E-state index in [0.29, 0.717) is 22.2 Å². The summed E-state index contributed by atoms with van der Waals surface area (Å²) in [5.74, 6) is -0.836. The number of fused-ring (bicyclic) bond motifs is 2. The van der Waals surface area contributed by atoms with E-state index in [1.54, 1.807) is 46.6 Å². The van der Waals surface area contributed by atoms with Crippen LogP contribution in [0.2, 0.25) is 10.0 Å². The molecular weight excluding hydrogens is 578 g/mol. The van der Waals surface area contributed by atoms with Gasteiger partial charge in [0.1, 0.15) is 12.4 Å². The van der Waals surface area contributed by atoms with Gasteiger partial charge in [0.2, 0.25) is 5.91 Å². The van der Waals surface area contributed by atoms with E-state index in [4.69, 9.17) is 23.2 Å². The van der Waals surface area contributed by atoms with Crippen LogP contribution in [0.5, 0.6) is 0 Å². The third-order valence-corrected chi connectivity index (χ3v) is 9.00. The fourth-order valence-electron chi connectivity index (χ4n) is 5.41. The number of nitrogens with zero attached hydrogens (tertiary/aromatic N) is 2. The molecule has 0 N–H and O–H groups in total. The molecule has 0 saturated carbocycles. The van der Waals surface area contributed by atoms with Crippen molar-refractivity contribution in [3.05, 3.63) is 139 Å². The SMILES string of the molecule is O=C(c1ccc2ccccc2c1)N(CC(=O)N1CCc2sccc2C1c1ccc(Cl)cc1Cl)Cc1ccc(F)cc1. The summed E-state index contributed by atoms with van der Waals surface area (Å²) >= 11 is 14.5. The third-order valence-electron chi connectivity index (χ3n) is 7.44. The van der Waals surface area contributed by atoms with Crippen molar-refractivity contribution in [2.45, 2.75) is 19.0 Å². The first kappa shape index (κ1) is 27.5. The number of benzene rings is 4. The predicted molar refractivity (Wildman–Crippen MR) is 163 cm³/mol. The second kappa shape index (κ2) is 11.6. The van der Waals surface area contributed by atoms with Gasteiger partial charge < -0.3 is 9.80 Å². The van der Waals surface area contributed by atoms with Crippen molar-refractivity contribution in [2.75, 3.05) is 13.1 Å². The van der Waals surface area contributed by atoms with Crippen molar-refractivity contribution in [2.24, 2.45) is 0 Å². The number of halogens is 3. The number of hydrogen-bond donors (Lipinski definition) is 0. The van der Waals surface area contributed by atoms with Gasteiger partial charge in [0, 0.05) is 33.6 Å². The maximum atomic E-state index is 14.1. The van der Waals surface area contributed by atoms with Crippen LogP contribution in [0.3, 0.4) is 0 Å². The van der Waals surface area contributed by atoms with Crippen molar-refractivity contribution < 1.29 is 14.0 Å². The summed E-state index contributed by atoms with van der Waals surface area (Å²) in [6, 6.07) is 26.3. The highest BCUT2D eigenvalue weighted by Gasteiger charge is 2.35. The molecule has 1 aliphatic heterocycles. The number of carbonyl (C=O) groups excluding carboxylic acids is 2. The lowest BCUT2D eigenvalue weighted by atomic mass is 9.93. The van der Waals surface area contributed by atoms with Crippen molar-refractivity contribution >= 4 is 57.1 Å². The van der Waals surface area contributed by atoms with Gasteiger partial charge in [-0.15, -0.1) is 11.3 Å². The summed E-state index contributed by atoms with van der Waals surface area (Å²) in [5.41, 5.74) is 3.03. The topological polar surface area (TPSA) is 40.6 Å². The number of rotatable bonds is 6. The molecule has 41 heavy (non-hydrogen) atoms. The van der Waals surface area contributed by atoms with Crippen LogP contribution in [0.4, 0.5) is 4.39 Å². The second-order valence-corrected chi connectivity index (χ2v) is 11.9. The minimum atomic E-state index is -0.397. The molecule has 0 saturated heterocycles. The Labute approximate surface area is 251 Å². The molecule has 1 atom stereocenters. The molecular formula is C33H25Cl2FN2O2S. The van der Waals surface area contributed by atoms with Crippen LogP contribution in [0.25, 0.3) is 10.8 Å². The third kappa shape index (κ3) is 5.73. The van der Waals surface area contributed by atoms with Crippen LogP contribution >= 0.6 is 34.5 Å². The summed E-state index contributed by atoms with van der Waals surface area (Å²) in [6.07, 6.45) is 0.719. The van der Waals surface area contributed by atoms with Gasteiger partial charge in [0.15, 0.2) is 0 Å². The number of carbonyl (C=O) groups is 2. The Morgan fingerprint density at radius 2 is 1.68 bits per heavy atom. The molecule has 0 spiro atoms. The fourth-order valence-corrected chi connectivity index (χ4v) is 6.83. The van der Waals surface area contributed by atoms with Crippen LogP contribution < -0.4 is 0 Å². The average molecular weight is 604 g/mol. The Bertz CT molecular complexity index is 1750. The van der Waals surface area contributed by atoms with Crippen LogP contribution in [0.1, 0.15) is 38.0 Å². The highest BCUT2D eigenvalue weighted by molar-refractivity contribution is 7.10. The quantitative estimate of drug-likeness (QED) is 0.197. The summed E-state index contributed by atoms with van der Waals surface area (Å²) in [5, 5.41) is 4.98. The van der Waals surface area contributed by atoms with E-state index >= 15 is 0 Å².